The van der Waals surface area contributed by atoms with E-state index < -0.39 is 0 Å². The molecule has 138 valence electrons. The lowest BCUT2D eigenvalue weighted by molar-refractivity contribution is -0.139. The Morgan fingerprint density at radius 3 is 2.77 bits per heavy atom. The largest absolute Gasteiger partial charge is 0.492 e. The lowest BCUT2D eigenvalue weighted by Crippen LogP contribution is -2.44. The molecule has 1 unspecified atom stereocenters. The number of amides is 1. The summed E-state index contributed by atoms with van der Waals surface area (Å²) in [7, 11) is 1.46. The van der Waals surface area contributed by atoms with Gasteiger partial charge in [-0.2, -0.15) is 5.10 Å². The molecule has 0 N–H and O–H groups in total. The summed E-state index contributed by atoms with van der Waals surface area (Å²) in [6.07, 6.45) is 0. The Kier molecular flexibility index (Phi) is 5.42. The Balaban J connectivity index is 1.92. The minimum atomic E-state index is -0.199. The van der Waals surface area contributed by atoms with Crippen molar-refractivity contribution in [2.75, 3.05) is 26.9 Å². The van der Waals surface area contributed by atoms with Crippen LogP contribution < -0.4 is 0 Å². The molecule has 1 aromatic heterocycles. The molecule has 2 aromatic rings. The van der Waals surface area contributed by atoms with Crippen LogP contribution >= 0.6 is 0 Å². The smallest absolute Gasteiger partial charge is 0.288 e. The highest BCUT2D eigenvalue weighted by molar-refractivity contribution is 5.91. The maximum absolute atomic E-state index is 12.7. The summed E-state index contributed by atoms with van der Waals surface area (Å²) in [6.45, 7) is 9.89. The van der Waals surface area contributed by atoms with Crippen LogP contribution in [0.1, 0.15) is 28.6 Å². The van der Waals surface area contributed by atoms with Crippen LogP contribution in [0.5, 0.6) is 0 Å². The molecule has 0 radical (unpaired) electrons. The van der Waals surface area contributed by atoms with Crippen LogP contribution in [0.2, 0.25) is 0 Å². The fraction of sp³-hybridized carbons (Fsp3) is 0.400. The first-order valence-electron chi connectivity index (χ1n) is 8.72. The Bertz CT molecular complexity index is 798. The number of aryl methyl sites for hydroxylation is 1. The average Bonchev–Trinajstić information content (AvgIpc) is 2.94. The van der Waals surface area contributed by atoms with Crippen LogP contribution in [0.4, 0.5) is 0 Å². The molecule has 3 rings (SSSR count). The summed E-state index contributed by atoms with van der Waals surface area (Å²) in [5.41, 5.74) is 4.18. The van der Waals surface area contributed by atoms with Crippen molar-refractivity contribution in [3.63, 3.8) is 0 Å². The highest BCUT2D eigenvalue weighted by Gasteiger charge is 2.34. The number of carbonyl (C=O) groups excluding carboxylic acids is 1. The summed E-state index contributed by atoms with van der Waals surface area (Å²) in [4.78, 5) is 14.4. The SMILES string of the molecule is C=C(OC)C(=O)N1CCOCC1c1c(C)nn(Cc2ccccc2)c1C. The average molecular weight is 355 g/mol. The predicted octanol–water partition coefficient (Wildman–Crippen LogP) is 2.61. The van der Waals surface area contributed by atoms with Gasteiger partial charge in [-0.1, -0.05) is 36.9 Å². The van der Waals surface area contributed by atoms with Gasteiger partial charge < -0.3 is 14.4 Å². The third-order valence-electron chi connectivity index (χ3n) is 4.82. The topological polar surface area (TPSA) is 56.6 Å². The summed E-state index contributed by atoms with van der Waals surface area (Å²) >= 11 is 0. The number of rotatable bonds is 5. The lowest BCUT2D eigenvalue weighted by Gasteiger charge is -2.36. The van der Waals surface area contributed by atoms with Crippen LogP contribution in [0.3, 0.4) is 0 Å². The van der Waals surface area contributed by atoms with Crippen molar-refractivity contribution in [2.24, 2.45) is 0 Å². The van der Waals surface area contributed by atoms with Crippen LogP contribution in [0.15, 0.2) is 42.7 Å². The van der Waals surface area contributed by atoms with Gasteiger partial charge in [0.1, 0.15) is 0 Å². The van der Waals surface area contributed by atoms with E-state index in [0.717, 1.165) is 17.0 Å². The van der Waals surface area contributed by atoms with Crippen LogP contribution in [-0.2, 0) is 20.8 Å². The molecule has 1 amide bonds. The van der Waals surface area contributed by atoms with Gasteiger partial charge in [-0.05, 0) is 19.4 Å². The molecule has 1 fully saturated rings. The van der Waals surface area contributed by atoms with E-state index in [9.17, 15) is 4.79 Å². The van der Waals surface area contributed by atoms with Gasteiger partial charge >= 0.3 is 0 Å². The molecule has 6 heteroatoms. The summed E-state index contributed by atoms with van der Waals surface area (Å²) in [5, 5.41) is 4.71. The zero-order valence-corrected chi connectivity index (χ0v) is 15.6. The Morgan fingerprint density at radius 1 is 1.35 bits per heavy atom. The first-order chi connectivity index (χ1) is 12.5. The van der Waals surface area contributed by atoms with Crippen molar-refractivity contribution in [1.82, 2.24) is 14.7 Å². The van der Waals surface area contributed by atoms with E-state index in [1.165, 1.54) is 12.7 Å². The number of morpholine rings is 1. The molecule has 0 aliphatic carbocycles. The van der Waals surface area contributed by atoms with Crippen molar-refractivity contribution in [3.8, 4) is 0 Å². The second-order valence-electron chi connectivity index (χ2n) is 6.44. The molecule has 0 spiro atoms. The van der Waals surface area contributed by atoms with Gasteiger partial charge in [0.2, 0.25) is 0 Å². The van der Waals surface area contributed by atoms with Crippen LogP contribution in [-0.4, -0.2) is 47.5 Å². The molecule has 1 saturated heterocycles. The second-order valence-corrected chi connectivity index (χ2v) is 6.44. The van der Waals surface area contributed by atoms with Crippen molar-refractivity contribution in [3.05, 3.63) is 65.2 Å². The van der Waals surface area contributed by atoms with Crippen molar-refractivity contribution in [1.29, 1.82) is 0 Å². The standard InChI is InChI=1S/C20H25N3O3/c1-14-19(15(2)23(21-14)12-17-8-6-5-7-9-17)18-13-26-11-10-22(18)20(24)16(3)25-4/h5-9,18H,3,10-13H2,1-2,4H3. The molecule has 1 aromatic carbocycles. The first kappa shape index (κ1) is 18.2. The monoisotopic (exact) mass is 355 g/mol. The maximum Gasteiger partial charge on any atom is 0.288 e. The van der Waals surface area contributed by atoms with Crippen molar-refractivity contribution >= 4 is 5.91 Å². The lowest BCUT2D eigenvalue weighted by atomic mass is 10.0. The molecule has 1 aliphatic heterocycles. The van der Waals surface area contributed by atoms with Gasteiger partial charge in [-0.3, -0.25) is 9.48 Å². The Hall–Kier alpha value is -2.60. The summed E-state index contributed by atoms with van der Waals surface area (Å²) in [6, 6.07) is 10.0. The third kappa shape index (κ3) is 3.51. The van der Waals surface area contributed by atoms with Gasteiger partial charge in [0.25, 0.3) is 5.91 Å². The van der Waals surface area contributed by atoms with Gasteiger partial charge in [0, 0.05) is 17.8 Å². The molecule has 0 bridgehead atoms. The number of hydrogen-bond acceptors (Lipinski definition) is 4. The van der Waals surface area contributed by atoms with E-state index in [1.54, 1.807) is 4.90 Å². The van der Waals surface area contributed by atoms with Gasteiger partial charge in [0.15, 0.2) is 5.76 Å². The fourth-order valence-corrected chi connectivity index (χ4v) is 3.44. The Morgan fingerprint density at radius 2 is 2.08 bits per heavy atom. The highest BCUT2D eigenvalue weighted by atomic mass is 16.5. The zero-order chi connectivity index (χ0) is 18.7. The molecule has 6 nitrogen and oxygen atoms in total. The number of ether oxygens (including phenoxy) is 2. The van der Waals surface area contributed by atoms with E-state index in [2.05, 4.69) is 18.7 Å². The Labute approximate surface area is 154 Å². The minimum absolute atomic E-state index is 0.142. The van der Waals surface area contributed by atoms with E-state index in [-0.39, 0.29) is 17.7 Å². The number of carbonyl (C=O) groups is 1. The quantitative estimate of drug-likeness (QED) is 0.611. The molecule has 26 heavy (non-hydrogen) atoms. The second kappa shape index (κ2) is 7.74. The number of hydrogen-bond donors (Lipinski definition) is 0. The van der Waals surface area contributed by atoms with Crippen molar-refractivity contribution in [2.45, 2.75) is 26.4 Å². The molecular formula is C20H25N3O3. The molecule has 2 heterocycles. The predicted molar refractivity (Wildman–Crippen MR) is 98.7 cm³/mol. The number of aromatic nitrogens is 2. The number of methoxy groups -OCH3 is 1. The molecule has 1 atom stereocenters. The summed E-state index contributed by atoms with van der Waals surface area (Å²) in [5.74, 6) is -0.0562. The first-order valence-corrected chi connectivity index (χ1v) is 8.72. The maximum atomic E-state index is 12.7. The third-order valence-corrected chi connectivity index (χ3v) is 4.82. The van der Waals surface area contributed by atoms with Crippen LogP contribution in [0.25, 0.3) is 0 Å². The van der Waals surface area contributed by atoms with Crippen molar-refractivity contribution < 1.29 is 14.3 Å². The number of nitrogens with zero attached hydrogens (tertiary/aromatic N) is 3. The van der Waals surface area contributed by atoms with Gasteiger partial charge in [0.05, 0.1) is 38.6 Å². The van der Waals surface area contributed by atoms with E-state index in [1.807, 2.05) is 36.7 Å². The number of benzene rings is 1. The molecular weight excluding hydrogens is 330 g/mol. The van der Waals surface area contributed by atoms with Gasteiger partial charge in [-0.25, -0.2) is 0 Å². The highest BCUT2D eigenvalue weighted by Crippen LogP contribution is 2.30. The minimum Gasteiger partial charge on any atom is -0.492 e. The van der Waals surface area contributed by atoms with Crippen LogP contribution in [0, 0.1) is 13.8 Å². The zero-order valence-electron chi connectivity index (χ0n) is 15.6. The summed E-state index contributed by atoms with van der Waals surface area (Å²) < 4.78 is 12.7. The van der Waals surface area contributed by atoms with E-state index in [4.69, 9.17) is 14.6 Å². The fourth-order valence-electron chi connectivity index (χ4n) is 3.44. The molecule has 1 aliphatic rings. The molecule has 0 saturated carbocycles. The van der Waals surface area contributed by atoms with E-state index in [0.29, 0.717) is 26.3 Å². The van der Waals surface area contributed by atoms with E-state index >= 15 is 0 Å². The normalized spacial score (nSPS) is 17.2. The van der Waals surface area contributed by atoms with Gasteiger partial charge in [-0.15, -0.1) is 0 Å².